The lowest BCUT2D eigenvalue weighted by molar-refractivity contribution is 0.0827. The first-order valence-corrected chi connectivity index (χ1v) is 10.6. The van der Waals surface area contributed by atoms with Crippen molar-refractivity contribution in [3.8, 4) is 23.0 Å². The first-order valence-electron chi connectivity index (χ1n) is 10.6. The van der Waals surface area contributed by atoms with Crippen molar-refractivity contribution in [2.75, 3.05) is 33.6 Å². The maximum atomic E-state index is 12.4. The molecule has 4 rings (SSSR count). The Bertz CT molecular complexity index is 1440. The number of pyridine rings is 1. The summed E-state index contributed by atoms with van der Waals surface area (Å²) in [5, 5.41) is 3.92. The molecule has 178 valence electrons. The van der Waals surface area contributed by atoms with Crippen molar-refractivity contribution in [1.82, 2.24) is 19.9 Å². The molecule has 0 atom stereocenters. The van der Waals surface area contributed by atoms with E-state index in [4.69, 9.17) is 15.2 Å². The summed E-state index contributed by atoms with van der Waals surface area (Å²) in [7, 11) is 6.36. The van der Waals surface area contributed by atoms with Gasteiger partial charge in [0.05, 0.1) is 36.6 Å². The highest BCUT2D eigenvalue weighted by Gasteiger charge is 2.17. The van der Waals surface area contributed by atoms with Gasteiger partial charge in [-0.3, -0.25) is 14.6 Å². The van der Waals surface area contributed by atoms with Crippen LogP contribution in [0.3, 0.4) is 0 Å². The average molecular weight is 473 g/mol. The van der Waals surface area contributed by atoms with E-state index in [0.717, 1.165) is 5.56 Å². The summed E-state index contributed by atoms with van der Waals surface area (Å²) in [6, 6.07) is 12.7. The molecule has 0 fully saturated rings. The molecule has 0 aliphatic carbocycles. The number of amides is 2. The van der Waals surface area contributed by atoms with Crippen molar-refractivity contribution < 1.29 is 19.1 Å². The van der Waals surface area contributed by atoms with Gasteiger partial charge in [0.2, 0.25) is 5.88 Å². The summed E-state index contributed by atoms with van der Waals surface area (Å²) in [6.07, 6.45) is 3.03. The van der Waals surface area contributed by atoms with Crippen LogP contribution >= 0.6 is 0 Å². The number of nitrogens with two attached hydrogens (primary N) is 1. The Kier molecular flexibility index (Phi) is 6.45. The van der Waals surface area contributed by atoms with Gasteiger partial charge in [-0.25, -0.2) is 4.98 Å². The van der Waals surface area contributed by atoms with Crippen LogP contribution in [0.4, 0.5) is 11.4 Å². The van der Waals surface area contributed by atoms with Crippen LogP contribution in [0.1, 0.15) is 20.7 Å². The second-order valence-corrected chi connectivity index (χ2v) is 7.83. The van der Waals surface area contributed by atoms with Gasteiger partial charge in [-0.05, 0) is 29.8 Å². The molecular formula is C25H24N6O4. The fourth-order valence-corrected chi connectivity index (χ4v) is 3.62. The number of nitrogens with zero attached hydrogens (tertiary/aromatic N) is 4. The Morgan fingerprint density at radius 1 is 1.00 bits per heavy atom. The molecular weight excluding hydrogens is 448 g/mol. The number of rotatable bonds is 7. The standard InChI is InChI=1S/C25H24N6O4/c1-31(2)24(33)15-6-5-7-16(10-15)29-21-17-9-8-14(11-20(17)27-13-19(21)22(26)32)18-12-28-25(35-4)30-23(18)34-3/h5-13H,1-4H3,(H2,26,32)(H,27,29). The quantitative estimate of drug-likeness (QED) is 0.419. The molecule has 0 saturated carbocycles. The number of aromatic nitrogens is 3. The number of hydrogen-bond donors (Lipinski definition) is 2. The van der Waals surface area contributed by atoms with Gasteiger partial charge in [0.25, 0.3) is 11.8 Å². The lowest BCUT2D eigenvalue weighted by Crippen LogP contribution is -2.21. The predicted molar refractivity (Wildman–Crippen MR) is 132 cm³/mol. The van der Waals surface area contributed by atoms with Gasteiger partial charge in [-0.2, -0.15) is 4.98 Å². The molecule has 0 bridgehead atoms. The summed E-state index contributed by atoms with van der Waals surface area (Å²) >= 11 is 0. The van der Waals surface area contributed by atoms with Gasteiger partial charge in [0.1, 0.15) is 0 Å². The maximum absolute atomic E-state index is 12.4. The van der Waals surface area contributed by atoms with Crippen LogP contribution in [0.2, 0.25) is 0 Å². The Morgan fingerprint density at radius 3 is 2.49 bits per heavy atom. The normalized spacial score (nSPS) is 10.6. The van der Waals surface area contributed by atoms with E-state index in [2.05, 4.69) is 20.3 Å². The maximum Gasteiger partial charge on any atom is 0.319 e. The molecule has 0 saturated heterocycles. The Balaban J connectivity index is 1.81. The topological polar surface area (TPSA) is 133 Å². The van der Waals surface area contributed by atoms with Crippen molar-refractivity contribution >= 4 is 34.1 Å². The highest BCUT2D eigenvalue weighted by molar-refractivity contribution is 6.08. The number of hydrogen-bond acceptors (Lipinski definition) is 8. The molecule has 2 aromatic carbocycles. The van der Waals surface area contributed by atoms with Gasteiger partial charge in [-0.15, -0.1) is 0 Å². The van der Waals surface area contributed by atoms with E-state index in [-0.39, 0.29) is 17.5 Å². The number of benzene rings is 2. The third-order valence-corrected chi connectivity index (χ3v) is 5.34. The van der Waals surface area contributed by atoms with Crippen LogP contribution in [0.25, 0.3) is 22.0 Å². The summed E-state index contributed by atoms with van der Waals surface area (Å²) in [5.74, 6) is -0.411. The van der Waals surface area contributed by atoms with Gasteiger partial charge in [0, 0.05) is 43.1 Å². The highest BCUT2D eigenvalue weighted by atomic mass is 16.5. The van der Waals surface area contributed by atoms with Gasteiger partial charge >= 0.3 is 6.01 Å². The Labute approximate surface area is 201 Å². The van der Waals surface area contributed by atoms with E-state index >= 15 is 0 Å². The molecule has 4 aromatic rings. The number of methoxy groups -OCH3 is 2. The number of fused-ring (bicyclic) bond motifs is 1. The summed E-state index contributed by atoms with van der Waals surface area (Å²) in [5.41, 5.74) is 9.51. The monoisotopic (exact) mass is 472 g/mol. The van der Waals surface area contributed by atoms with Crippen LogP contribution in [0.5, 0.6) is 11.9 Å². The van der Waals surface area contributed by atoms with E-state index in [1.165, 1.54) is 25.3 Å². The highest BCUT2D eigenvalue weighted by Crippen LogP contribution is 2.34. The van der Waals surface area contributed by atoms with Crippen molar-refractivity contribution in [2.45, 2.75) is 0 Å². The zero-order valence-corrected chi connectivity index (χ0v) is 19.7. The predicted octanol–water partition coefficient (Wildman–Crippen LogP) is 3.25. The van der Waals surface area contributed by atoms with Crippen molar-refractivity contribution in [2.24, 2.45) is 5.73 Å². The van der Waals surface area contributed by atoms with E-state index in [1.54, 1.807) is 44.6 Å². The summed E-state index contributed by atoms with van der Waals surface area (Å²) in [6.45, 7) is 0. The Morgan fingerprint density at radius 2 is 1.80 bits per heavy atom. The molecule has 10 nitrogen and oxygen atoms in total. The lowest BCUT2D eigenvalue weighted by atomic mass is 10.0. The minimum Gasteiger partial charge on any atom is -0.480 e. The third kappa shape index (κ3) is 4.67. The average Bonchev–Trinajstić information content (AvgIpc) is 2.87. The van der Waals surface area contributed by atoms with Gasteiger partial charge < -0.3 is 25.4 Å². The van der Waals surface area contributed by atoms with E-state index in [1.807, 2.05) is 18.2 Å². The van der Waals surface area contributed by atoms with Crippen LogP contribution in [0.15, 0.2) is 54.9 Å². The molecule has 2 aromatic heterocycles. The smallest absolute Gasteiger partial charge is 0.319 e. The van der Waals surface area contributed by atoms with E-state index < -0.39 is 5.91 Å². The molecule has 0 aliphatic heterocycles. The number of primary amides is 1. The number of anilines is 2. The third-order valence-electron chi connectivity index (χ3n) is 5.34. The molecule has 10 heteroatoms. The first kappa shape index (κ1) is 23.4. The van der Waals surface area contributed by atoms with Crippen LogP contribution in [-0.2, 0) is 0 Å². The molecule has 0 radical (unpaired) electrons. The second-order valence-electron chi connectivity index (χ2n) is 7.83. The number of ether oxygens (including phenoxy) is 2. The number of carbonyl (C=O) groups excluding carboxylic acids is 2. The fourth-order valence-electron chi connectivity index (χ4n) is 3.62. The summed E-state index contributed by atoms with van der Waals surface area (Å²) < 4.78 is 10.5. The van der Waals surface area contributed by atoms with Crippen LogP contribution < -0.4 is 20.5 Å². The summed E-state index contributed by atoms with van der Waals surface area (Å²) in [4.78, 5) is 38.9. The SMILES string of the molecule is COc1ncc(-c2ccc3c(Nc4cccc(C(=O)N(C)C)c4)c(C(N)=O)cnc3c2)c(OC)n1. The van der Waals surface area contributed by atoms with E-state index in [0.29, 0.717) is 39.3 Å². The fraction of sp³-hybridized carbons (Fsp3) is 0.160. The van der Waals surface area contributed by atoms with Crippen molar-refractivity contribution in [3.63, 3.8) is 0 Å². The molecule has 2 heterocycles. The number of carbonyl (C=O) groups is 2. The zero-order valence-electron chi connectivity index (χ0n) is 19.7. The molecule has 2 amide bonds. The first-order chi connectivity index (χ1) is 16.8. The minimum absolute atomic E-state index is 0.135. The Hall–Kier alpha value is -4.73. The van der Waals surface area contributed by atoms with Crippen molar-refractivity contribution in [1.29, 1.82) is 0 Å². The molecule has 35 heavy (non-hydrogen) atoms. The minimum atomic E-state index is -0.628. The van der Waals surface area contributed by atoms with Crippen LogP contribution in [-0.4, -0.2) is 60.0 Å². The van der Waals surface area contributed by atoms with Crippen molar-refractivity contribution in [3.05, 3.63) is 66.0 Å². The zero-order chi connectivity index (χ0) is 25.1. The van der Waals surface area contributed by atoms with Gasteiger partial charge in [-0.1, -0.05) is 18.2 Å². The van der Waals surface area contributed by atoms with Gasteiger partial charge in [0.15, 0.2) is 0 Å². The molecule has 0 spiro atoms. The lowest BCUT2D eigenvalue weighted by Gasteiger charge is -2.16. The number of nitrogens with one attached hydrogen (secondary N) is 1. The van der Waals surface area contributed by atoms with Crippen LogP contribution in [0, 0.1) is 0 Å². The van der Waals surface area contributed by atoms with E-state index in [9.17, 15) is 9.59 Å². The molecule has 0 aliphatic rings. The molecule has 0 unspecified atom stereocenters. The molecule has 3 N–H and O–H groups in total. The largest absolute Gasteiger partial charge is 0.480 e. The second kappa shape index (κ2) is 9.64.